The van der Waals surface area contributed by atoms with Crippen LogP contribution in [0.25, 0.3) is 10.2 Å². The Morgan fingerprint density at radius 2 is 2.19 bits per heavy atom. The van der Waals surface area contributed by atoms with Gasteiger partial charge in [0, 0.05) is 19.0 Å². The van der Waals surface area contributed by atoms with Crippen LogP contribution in [0.15, 0.2) is 11.2 Å². The Morgan fingerprint density at radius 3 is 2.75 bits per heavy atom. The van der Waals surface area contributed by atoms with Crippen LogP contribution in [-0.4, -0.2) is 35.4 Å². The number of aromatic nitrogens is 2. The monoisotopic (exact) mass is 255 g/mol. The molecule has 0 spiro atoms. The maximum Gasteiger partial charge on any atom is 0.190 e. The van der Waals surface area contributed by atoms with Crippen LogP contribution in [0.4, 0.5) is 5.82 Å². The molecule has 0 aromatic carbocycles. The van der Waals surface area contributed by atoms with Gasteiger partial charge in [0.2, 0.25) is 0 Å². The molecule has 6 heteroatoms. The van der Waals surface area contributed by atoms with Gasteiger partial charge in [-0.15, -0.1) is 11.3 Å². The second kappa shape index (κ2) is 4.57. The zero-order chi connectivity index (χ0) is 11.7. The van der Waals surface area contributed by atoms with Crippen LogP contribution < -0.4 is 4.90 Å². The number of nitrogens with zero attached hydrogens (tertiary/aromatic N) is 3. The number of anilines is 1. The van der Waals surface area contributed by atoms with Gasteiger partial charge in [-0.1, -0.05) is 11.8 Å². The average Bonchev–Trinajstić information content (AvgIpc) is 2.69. The number of hydrogen-bond donors (Lipinski definition) is 1. The van der Waals surface area contributed by atoms with E-state index in [9.17, 15) is 0 Å². The van der Waals surface area contributed by atoms with Crippen LogP contribution >= 0.6 is 23.1 Å². The van der Waals surface area contributed by atoms with Crippen molar-refractivity contribution in [3.05, 3.63) is 10.9 Å². The van der Waals surface area contributed by atoms with E-state index in [4.69, 9.17) is 5.11 Å². The van der Waals surface area contributed by atoms with Crippen molar-refractivity contribution >= 4 is 39.1 Å². The first-order valence-corrected chi connectivity index (χ1v) is 6.82. The molecular formula is C10H13N3OS2. The highest BCUT2D eigenvalue weighted by atomic mass is 32.2. The maximum atomic E-state index is 9.14. The Morgan fingerprint density at radius 1 is 1.44 bits per heavy atom. The van der Waals surface area contributed by atoms with Crippen LogP contribution in [0.5, 0.6) is 0 Å². The summed E-state index contributed by atoms with van der Waals surface area (Å²) in [5, 5.41) is 10.9. The lowest BCUT2D eigenvalue weighted by molar-refractivity contribution is 0.285. The van der Waals surface area contributed by atoms with Gasteiger partial charge >= 0.3 is 0 Å². The van der Waals surface area contributed by atoms with Crippen molar-refractivity contribution in [3.8, 4) is 0 Å². The predicted octanol–water partition coefficient (Wildman–Crippen LogP) is 1.97. The SMILES string of the molecule is CSc1nc(N(C)C)c2cc(CO)sc2n1. The first kappa shape index (κ1) is 11.6. The molecular weight excluding hydrogens is 242 g/mol. The summed E-state index contributed by atoms with van der Waals surface area (Å²) in [7, 11) is 3.92. The van der Waals surface area contributed by atoms with Crippen molar-refractivity contribution in [3.63, 3.8) is 0 Å². The molecule has 1 N–H and O–H groups in total. The molecule has 0 bridgehead atoms. The lowest BCUT2D eigenvalue weighted by Gasteiger charge is -2.12. The molecule has 86 valence electrons. The van der Waals surface area contributed by atoms with Gasteiger partial charge in [0.15, 0.2) is 5.16 Å². The Labute approximate surface area is 102 Å². The molecule has 0 unspecified atom stereocenters. The highest BCUT2D eigenvalue weighted by Crippen LogP contribution is 2.31. The quantitative estimate of drug-likeness (QED) is 0.671. The third-order valence-corrected chi connectivity index (χ3v) is 3.73. The summed E-state index contributed by atoms with van der Waals surface area (Å²) in [6.45, 7) is 0.0580. The highest BCUT2D eigenvalue weighted by Gasteiger charge is 2.12. The molecule has 2 aromatic heterocycles. The molecule has 0 aliphatic rings. The molecule has 2 aromatic rings. The van der Waals surface area contributed by atoms with Crippen molar-refractivity contribution in [2.24, 2.45) is 0 Å². The molecule has 0 fully saturated rings. The Hall–Kier alpha value is -0.850. The van der Waals surface area contributed by atoms with Crippen LogP contribution in [0.2, 0.25) is 0 Å². The summed E-state index contributed by atoms with van der Waals surface area (Å²) >= 11 is 3.04. The Balaban J connectivity index is 2.69. The third-order valence-electron chi connectivity index (χ3n) is 2.17. The van der Waals surface area contributed by atoms with E-state index in [1.807, 2.05) is 31.3 Å². The molecule has 2 heterocycles. The Bertz CT molecular complexity index is 510. The van der Waals surface area contributed by atoms with Crippen LogP contribution in [0, 0.1) is 0 Å². The van der Waals surface area contributed by atoms with Gasteiger partial charge in [0.25, 0.3) is 0 Å². The van der Waals surface area contributed by atoms with Gasteiger partial charge in [-0.05, 0) is 12.3 Å². The number of fused-ring (bicyclic) bond motifs is 1. The molecule has 0 atom stereocenters. The van der Waals surface area contributed by atoms with E-state index >= 15 is 0 Å². The zero-order valence-corrected chi connectivity index (χ0v) is 11.0. The predicted molar refractivity (Wildman–Crippen MR) is 69.4 cm³/mol. The van der Waals surface area contributed by atoms with Gasteiger partial charge in [-0.25, -0.2) is 9.97 Å². The van der Waals surface area contributed by atoms with Gasteiger partial charge in [0.1, 0.15) is 10.6 Å². The Kier molecular flexibility index (Phi) is 3.32. The van der Waals surface area contributed by atoms with Crippen LogP contribution in [-0.2, 0) is 6.61 Å². The number of aliphatic hydroxyl groups is 1. The van der Waals surface area contributed by atoms with E-state index in [1.165, 1.54) is 23.1 Å². The van der Waals surface area contributed by atoms with E-state index < -0.39 is 0 Å². The largest absolute Gasteiger partial charge is 0.391 e. The van der Waals surface area contributed by atoms with E-state index in [1.54, 1.807) is 0 Å². The summed E-state index contributed by atoms with van der Waals surface area (Å²) in [4.78, 5) is 12.7. The molecule has 0 radical (unpaired) electrons. The maximum absolute atomic E-state index is 9.14. The van der Waals surface area contributed by atoms with E-state index in [-0.39, 0.29) is 6.61 Å². The first-order chi connectivity index (χ1) is 7.65. The van der Waals surface area contributed by atoms with Crippen molar-refractivity contribution in [2.75, 3.05) is 25.3 Å². The van der Waals surface area contributed by atoms with Crippen molar-refractivity contribution < 1.29 is 5.11 Å². The first-order valence-electron chi connectivity index (χ1n) is 4.78. The standard InChI is InChI=1S/C10H13N3OS2/c1-13(2)8-7-4-6(5-14)16-9(7)12-10(11-8)15-3/h4,14H,5H2,1-3H3. The second-order valence-electron chi connectivity index (χ2n) is 3.52. The third kappa shape index (κ3) is 2.00. The summed E-state index contributed by atoms with van der Waals surface area (Å²) in [6, 6.07) is 1.96. The number of rotatable bonds is 3. The number of aliphatic hydroxyl groups excluding tert-OH is 1. The number of thioether (sulfide) groups is 1. The van der Waals surface area contributed by atoms with Gasteiger partial charge in [0.05, 0.1) is 12.0 Å². The fourth-order valence-electron chi connectivity index (χ4n) is 1.45. The van der Waals surface area contributed by atoms with Crippen molar-refractivity contribution in [1.82, 2.24) is 9.97 Å². The van der Waals surface area contributed by atoms with Crippen molar-refractivity contribution in [2.45, 2.75) is 11.8 Å². The minimum atomic E-state index is 0.0580. The molecule has 2 rings (SSSR count). The molecule has 0 aliphatic heterocycles. The van der Waals surface area contributed by atoms with Gasteiger partial charge in [-0.3, -0.25) is 0 Å². The van der Waals surface area contributed by atoms with E-state index in [2.05, 4.69) is 9.97 Å². The highest BCUT2D eigenvalue weighted by molar-refractivity contribution is 7.98. The topological polar surface area (TPSA) is 49.2 Å². The average molecular weight is 255 g/mol. The number of hydrogen-bond acceptors (Lipinski definition) is 6. The summed E-state index contributed by atoms with van der Waals surface area (Å²) in [5.74, 6) is 0.908. The molecule has 0 saturated heterocycles. The smallest absolute Gasteiger partial charge is 0.190 e. The second-order valence-corrected chi connectivity index (χ2v) is 5.41. The minimum Gasteiger partial charge on any atom is -0.391 e. The number of thiophene rings is 1. The summed E-state index contributed by atoms with van der Waals surface area (Å²) in [6.07, 6.45) is 1.96. The fraction of sp³-hybridized carbons (Fsp3) is 0.400. The fourth-order valence-corrected chi connectivity index (χ4v) is 2.75. The molecule has 4 nitrogen and oxygen atoms in total. The van der Waals surface area contributed by atoms with Crippen molar-refractivity contribution in [1.29, 1.82) is 0 Å². The van der Waals surface area contributed by atoms with Crippen LogP contribution in [0.3, 0.4) is 0 Å². The summed E-state index contributed by atoms with van der Waals surface area (Å²) in [5.41, 5.74) is 0. The minimum absolute atomic E-state index is 0.0580. The lowest BCUT2D eigenvalue weighted by atomic mass is 10.3. The van der Waals surface area contributed by atoms with Crippen LogP contribution in [0.1, 0.15) is 4.88 Å². The zero-order valence-electron chi connectivity index (χ0n) is 9.39. The van der Waals surface area contributed by atoms with Gasteiger partial charge in [-0.2, -0.15) is 0 Å². The summed E-state index contributed by atoms with van der Waals surface area (Å²) < 4.78 is 0. The van der Waals surface area contributed by atoms with E-state index in [0.717, 1.165) is 26.1 Å². The molecule has 0 amide bonds. The van der Waals surface area contributed by atoms with E-state index in [0.29, 0.717) is 0 Å². The molecule has 0 saturated carbocycles. The molecule has 0 aliphatic carbocycles. The van der Waals surface area contributed by atoms with Gasteiger partial charge < -0.3 is 10.0 Å². The molecule has 16 heavy (non-hydrogen) atoms. The normalized spacial score (nSPS) is 11.0. The lowest BCUT2D eigenvalue weighted by Crippen LogP contribution is -2.11.